The van der Waals surface area contributed by atoms with Crippen LogP contribution in [0.5, 0.6) is 0 Å². The number of nitrogens with zero attached hydrogens (tertiary/aromatic N) is 3. The first-order valence-electron chi connectivity index (χ1n) is 6.90. The maximum absolute atomic E-state index is 12.1. The summed E-state index contributed by atoms with van der Waals surface area (Å²) in [5.74, 6) is -1.06. The summed E-state index contributed by atoms with van der Waals surface area (Å²) in [4.78, 5) is 41.4. The van der Waals surface area contributed by atoms with E-state index in [1.165, 1.54) is 12.3 Å². The lowest BCUT2D eigenvalue weighted by molar-refractivity contribution is -0.143. The molecule has 0 radical (unpaired) electrons. The van der Waals surface area contributed by atoms with Crippen LogP contribution in [0.15, 0.2) is 53.6 Å². The topological polar surface area (TPSA) is 83.7 Å². The van der Waals surface area contributed by atoms with Gasteiger partial charge in [0.1, 0.15) is 6.54 Å². The molecule has 0 bridgehead atoms. The van der Waals surface area contributed by atoms with Gasteiger partial charge in [0.15, 0.2) is 5.76 Å². The van der Waals surface area contributed by atoms with Gasteiger partial charge in [-0.25, -0.2) is 14.7 Å². The smallest absolute Gasteiger partial charge is 0.335 e. The lowest BCUT2D eigenvalue weighted by atomic mass is 10.2. The molecule has 1 fully saturated rings. The van der Waals surface area contributed by atoms with E-state index in [1.807, 2.05) is 30.3 Å². The molecule has 1 aromatic heterocycles. The number of rotatable bonds is 5. The van der Waals surface area contributed by atoms with Crippen LogP contribution in [-0.2, 0) is 16.1 Å². The Morgan fingerprint density at radius 2 is 1.78 bits per heavy atom. The van der Waals surface area contributed by atoms with Crippen LogP contribution in [-0.4, -0.2) is 39.2 Å². The zero-order valence-corrected chi connectivity index (χ0v) is 12.1. The van der Waals surface area contributed by atoms with Gasteiger partial charge in [-0.1, -0.05) is 36.4 Å². The highest BCUT2D eigenvalue weighted by Crippen LogP contribution is 2.22. The molecule has 1 aromatic carbocycles. The molecule has 2 heterocycles. The molecule has 0 saturated carbocycles. The SMILES string of the molecule is C=CCN1C(=O)C(=O)N(Cc2ncc(-c3ccccc3)o2)C1=O. The minimum absolute atomic E-state index is 0.0131. The Labute approximate surface area is 131 Å². The van der Waals surface area contributed by atoms with Crippen molar-refractivity contribution < 1.29 is 18.8 Å². The average Bonchev–Trinajstić information content (AvgIpc) is 3.11. The number of hydrogen-bond acceptors (Lipinski definition) is 5. The van der Waals surface area contributed by atoms with Crippen LogP contribution in [0.25, 0.3) is 11.3 Å². The maximum Gasteiger partial charge on any atom is 0.335 e. The predicted octanol–water partition coefficient (Wildman–Crippen LogP) is 1.82. The standard InChI is InChI=1S/C16H13N3O4/c1-2-8-18-14(20)15(21)19(16(18)22)10-13-17-9-12(23-13)11-6-4-3-5-7-11/h2-7,9H,1,8,10H2. The number of hydrogen-bond donors (Lipinski definition) is 0. The summed E-state index contributed by atoms with van der Waals surface area (Å²) in [7, 11) is 0. The summed E-state index contributed by atoms with van der Waals surface area (Å²) >= 11 is 0. The molecule has 2 aromatic rings. The maximum atomic E-state index is 12.1. The first-order valence-corrected chi connectivity index (χ1v) is 6.90. The Bertz CT molecular complexity index is 782. The predicted molar refractivity (Wildman–Crippen MR) is 79.8 cm³/mol. The Morgan fingerprint density at radius 3 is 2.48 bits per heavy atom. The molecule has 116 valence electrons. The van der Waals surface area contributed by atoms with Gasteiger partial charge in [-0.05, 0) is 0 Å². The highest BCUT2D eigenvalue weighted by molar-refractivity contribution is 6.44. The van der Waals surface area contributed by atoms with Crippen molar-refractivity contribution in [1.29, 1.82) is 0 Å². The van der Waals surface area contributed by atoms with E-state index in [9.17, 15) is 14.4 Å². The quantitative estimate of drug-likeness (QED) is 0.478. The molecule has 0 unspecified atom stereocenters. The molecule has 0 spiro atoms. The van der Waals surface area contributed by atoms with Gasteiger partial charge in [0.2, 0.25) is 5.89 Å². The summed E-state index contributed by atoms with van der Waals surface area (Å²) in [5.41, 5.74) is 0.828. The van der Waals surface area contributed by atoms with E-state index in [4.69, 9.17) is 4.42 Å². The van der Waals surface area contributed by atoms with Gasteiger partial charge < -0.3 is 4.42 Å². The summed E-state index contributed by atoms with van der Waals surface area (Å²) in [6.45, 7) is 3.25. The lowest BCUT2D eigenvalue weighted by Gasteiger charge is -2.12. The lowest BCUT2D eigenvalue weighted by Crippen LogP contribution is -2.33. The van der Waals surface area contributed by atoms with Crippen molar-refractivity contribution in [1.82, 2.24) is 14.8 Å². The van der Waals surface area contributed by atoms with E-state index in [1.54, 1.807) is 0 Å². The van der Waals surface area contributed by atoms with Crippen LogP contribution in [0.3, 0.4) is 0 Å². The number of oxazole rings is 1. The monoisotopic (exact) mass is 311 g/mol. The number of imide groups is 2. The van der Waals surface area contributed by atoms with Crippen LogP contribution in [0, 0.1) is 0 Å². The second-order valence-corrected chi connectivity index (χ2v) is 4.86. The van der Waals surface area contributed by atoms with Crippen molar-refractivity contribution in [2.75, 3.05) is 6.54 Å². The molecular formula is C16H13N3O4. The third-order valence-electron chi connectivity index (χ3n) is 3.35. The number of aromatic nitrogens is 1. The van der Waals surface area contributed by atoms with E-state index in [2.05, 4.69) is 11.6 Å². The van der Waals surface area contributed by atoms with E-state index in [0.29, 0.717) is 5.76 Å². The number of carbonyl (C=O) groups excluding carboxylic acids is 3. The van der Waals surface area contributed by atoms with Crippen LogP contribution in [0.1, 0.15) is 5.89 Å². The molecule has 7 nitrogen and oxygen atoms in total. The van der Waals surface area contributed by atoms with Crippen LogP contribution < -0.4 is 0 Å². The zero-order chi connectivity index (χ0) is 16.4. The Kier molecular flexibility index (Phi) is 3.76. The first kappa shape index (κ1) is 14.7. The molecule has 0 N–H and O–H groups in total. The molecule has 0 atom stereocenters. The first-order chi connectivity index (χ1) is 11.1. The van der Waals surface area contributed by atoms with E-state index in [0.717, 1.165) is 15.4 Å². The Balaban J connectivity index is 1.79. The second-order valence-electron chi connectivity index (χ2n) is 4.86. The fourth-order valence-electron chi connectivity index (χ4n) is 2.23. The fourth-order valence-corrected chi connectivity index (χ4v) is 2.23. The Hall–Kier alpha value is -3.22. The molecule has 1 saturated heterocycles. The molecule has 7 heteroatoms. The highest BCUT2D eigenvalue weighted by atomic mass is 16.4. The molecule has 4 amide bonds. The van der Waals surface area contributed by atoms with Gasteiger partial charge in [-0.2, -0.15) is 0 Å². The number of carbonyl (C=O) groups is 3. The summed E-state index contributed by atoms with van der Waals surface area (Å²) in [5, 5.41) is 0. The molecular weight excluding hydrogens is 298 g/mol. The summed E-state index contributed by atoms with van der Waals surface area (Å²) < 4.78 is 5.55. The van der Waals surface area contributed by atoms with Crippen molar-refractivity contribution in [2.45, 2.75) is 6.54 Å². The second kappa shape index (κ2) is 5.88. The zero-order valence-electron chi connectivity index (χ0n) is 12.1. The highest BCUT2D eigenvalue weighted by Gasteiger charge is 2.44. The minimum atomic E-state index is -0.892. The fraction of sp³-hybridized carbons (Fsp3) is 0.125. The summed E-state index contributed by atoms with van der Waals surface area (Å²) in [6, 6.07) is 8.60. The van der Waals surface area contributed by atoms with Gasteiger partial charge >= 0.3 is 17.8 Å². The van der Waals surface area contributed by atoms with Gasteiger partial charge in [-0.15, -0.1) is 6.58 Å². The molecule has 23 heavy (non-hydrogen) atoms. The molecule has 1 aliphatic rings. The average molecular weight is 311 g/mol. The number of urea groups is 1. The van der Waals surface area contributed by atoms with Gasteiger partial charge in [0, 0.05) is 12.1 Å². The van der Waals surface area contributed by atoms with Gasteiger partial charge in [-0.3, -0.25) is 14.5 Å². The van der Waals surface area contributed by atoms with E-state index in [-0.39, 0.29) is 19.0 Å². The van der Waals surface area contributed by atoms with Crippen LogP contribution >= 0.6 is 0 Å². The Morgan fingerprint density at radius 1 is 1.09 bits per heavy atom. The summed E-state index contributed by atoms with van der Waals surface area (Å²) in [6.07, 6.45) is 2.89. The van der Waals surface area contributed by atoms with Gasteiger partial charge in [0.25, 0.3) is 0 Å². The largest absolute Gasteiger partial charge is 0.439 e. The van der Waals surface area contributed by atoms with Crippen molar-refractivity contribution >= 4 is 17.8 Å². The third kappa shape index (κ3) is 2.64. The van der Waals surface area contributed by atoms with Gasteiger partial charge in [0.05, 0.1) is 6.20 Å². The minimum Gasteiger partial charge on any atom is -0.439 e. The van der Waals surface area contributed by atoms with Crippen molar-refractivity contribution in [2.24, 2.45) is 0 Å². The number of amides is 4. The third-order valence-corrected chi connectivity index (χ3v) is 3.35. The molecule has 1 aliphatic heterocycles. The van der Waals surface area contributed by atoms with E-state index >= 15 is 0 Å². The van der Waals surface area contributed by atoms with E-state index < -0.39 is 17.8 Å². The van der Waals surface area contributed by atoms with Crippen LogP contribution in [0.4, 0.5) is 4.79 Å². The number of benzene rings is 1. The van der Waals surface area contributed by atoms with Crippen molar-refractivity contribution in [3.63, 3.8) is 0 Å². The molecule has 3 rings (SSSR count). The van der Waals surface area contributed by atoms with Crippen LogP contribution in [0.2, 0.25) is 0 Å². The normalized spacial score (nSPS) is 14.7. The van der Waals surface area contributed by atoms with Crippen molar-refractivity contribution in [3.8, 4) is 11.3 Å². The van der Waals surface area contributed by atoms with Crippen molar-refractivity contribution in [3.05, 3.63) is 55.1 Å². The molecule has 0 aliphatic carbocycles.